The molecule has 0 spiro atoms. The zero-order chi connectivity index (χ0) is 33.3. The van der Waals surface area contributed by atoms with Crippen LogP contribution in [0.5, 0.6) is 0 Å². The maximum absolute atomic E-state index is 2.65. The molecule has 0 bridgehead atoms. The van der Waals surface area contributed by atoms with E-state index in [0.29, 0.717) is 11.8 Å². The molecule has 242 valence electrons. The number of hydrogen-bond donors (Lipinski definition) is 0. The lowest BCUT2D eigenvalue weighted by molar-refractivity contribution is 0.734. The lowest BCUT2D eigenvalue weighted by Gasteiger charge is -2.33. The largest absolute Gasteiger partial charge is 0.113 e. The zero-order valence-electron chi connectivity index (χ0n) is 30.1. The third-order valence-electron chi connectivity index (χ3n) is 11.1. The Balaban J connectivity index is 1.53. The van der Waals surface area contributed by atoms with Crippen molar-refractivity contribution in [1.82, 2.24) is 0 Å². The molecule has 0 aliphatic heterocycles. The standard InChI is InChI=1S/C46H54Si/c1-9-15-39-29-37-17-13-19-41(35-25-21-33(22-26-35)31(5)11-3)43(37)45(39)47(7,8)46-40(16-10-2)30-38-18-14-20-42(44(38)46)36-27-23-34(24-28-36)32(6)12-4/h13-14,17-32H,9-12,15-16H2,1-8H3. The van der Waals surface area contributed by atoms with Crippen LogP contribution in [0, 0.1) is 12.8 Å². The second-order valence-electron chi connectivity index (χ2n) is 14.6. The van der Waals surface area contributed by atoms with E-state index in [1.165, 1.54) is 68.5 Å². The van der Waals surface area contributed by atoms with Crippen LogP contribution in [0.3, 0.4) is 0 Å². The molecular formula is C46H54Si. The van der Waals surface area contributed by atoms with Crippen LogP contribution in [0.15, 0.2) is 96.1 Å². The number of rotatable bonds is 12. The van der Waals surface area contributed by atoms with Gasteiger partial charge in [0.2, 0.25) is 0 Å². The topological polar surface area (TPSA) is 0 Å². The molecule has 4 aromatic carbocycles. The summed E-state index contributed by atoms with van der Waals surface area (Å²) in [6.07, 6.45) is 12.0. The molecule has 2 unspecified atom stereocenters. The van der Waals surface area contributed by atoms with E-state index in [9.17, 15) is 0 Å². The number of benzene rings is 4. The lowest BCUT2D eigenvalue weighted by Crippen LogP contribution is -2.32. The molecule has 0 heterocycles. The van der Waals surface area contributed by atoms with Crippen LogP contribution in [0.2, 0.25) is 13.1 Å². The predicted molar refractivity (Wildman–Crippen MR) is 209 cm³/mol. The van der Waals surface area contributed by atoms with Crippen LogP contribution in [0.1, 0.15) is 125 Å². The third-order valence-corrected chi connectivity index (χ3v) is 14.7. The Hall–Kier alpha value is -3.42. The second-order valence-corrected chi connectivity index (χ2v) is 18.9. The fourth-order valence-electron chi connectivity index (χ4n) is 8.20. The van der Waals surface area contributed by atoms with Gasteiger partial charge < -0.3 is 0 Å². The molecule has 0 aromatic heterocycles. The van der Waals surface area contributed by atoms with Gasteiger partial charge in [0.15, 0.2) is 0 Å². The van der Waals surface area contributed by atoms with Crippen LogP contribution in [0.4, 0.5) is 0 Å². The predicted octanol–water partition coefficient (Wildman–Crippen LogP) is 13.8. The van der Waals surface area contributed by atoms with E-state index < -0.39 is 8.07 Å². The molecule has 0 amide bonds. The minimum Gasteiger partial charge on any atom is -0.0651 e. The molecule has 0 saturated carbocycles. The highest BCUT2D eigenvalue weighted by atomic mass is 28.3. The molecule has 6 rings (SSSR count). The quantitative estimate of drug-likeness (QED) is 0.136. The molecule has 2 aliphatic carbocycles. The molecule has 4 aromatic rings. The smallest absolute Gasteiger partial charge is 0.0651 e. The van der Waals surface area contributed by atoms with Gasteiger partial charge in [-0.25, -0.2) is 0 Å². The van der Waals surface area contributed by atoms with E-state index in [-0.39, 0.29) is 0 Å². The summed E-state index contributed by atoms with van der Waals surface area (Å²) in [7, 11) is -2.24. The highest BCUT2D eigenvalue weighted by Crippen LogP contribution is 2.54. The van der Waals surface area contributed by atoms with Crippen molar-refractivity contribution in [1.29, 1.82) is 0 Å². The summed E-state index contributed by atoms with van der Waals surface area (Å²) in [6, 6.07) is 33.0. The Bertz CT molecular complexity index is 1660. The van der Waals surface area contributed by atoms with E-state index in [1.807, 2.05) is 0 Å². The fourth-order valence-corrected chi connectivity index (χ4v) is 12.3. The van der Waals surface area contributed by atoms with Crippen LogP contribution in [-0.2, 0) is 0 Å². The summed E-state index contributed by atoms with van der Waals surface area (Å²) >= 11 is 0. The van der Waals surface area contributed by atoms with Gasteiger partial charge in [-0.2, -0.15) is 0 Å². The Morgan fingerprint density at radius 3 is 1.23 bits per heavy atom. The Morgan fingerprint density at radius 1 is 0.511 bits per heavy atom. The Kier molecular flexibility index (Phi) is 9.95. The first kappa shape index (κ1) is 33.5. The molecular weight excluding hydrogens is 581 g/mol. The van der Waals surface area contributed by atoms with Gasteiger partial charge in [0.1, 0.15) is 8.07 Å². The van der Waals surface area contributed by atoms with Gasteiger partial charge in [-0.3, -0.25) is 0 Å². The molecule has 0 saturated heterocycles. The van der Waals surface area contributed by atoms with E-state index in [1.54, 1.807) is 21.5 Å². The highest BCUT2D eigenvalue weighted by molar-refractivity contribution is 7.09. The fraction of sp³-hybridized carbons (Fsp3) is 0.348. The maximum atomic E-state index is 2.65. The second kappa shape index (κ2) is 14.0. The molecule has 1 heteroatoms. The molecule has 47 heavy (non-hydrogen) atoms. The highest BCUT2D eigenvalue weighted by Gasteiger charge is 2.43. The van der Waals surface area contributed by atoms with Gasteiger partial charge in [-0.15, -0.1) is 0 Å². The molecule has 2 atom stereocenters. The Morgan fingerprint density at radius 2 is 0.894 bits per heavy atom. The minimum absolute atomic E-state index is 0.583. The molecule has 2 radical (unpaired) electrons. The van der Waals surface area contributed by atoms with E-state index >= 15 is 0 Å². The molecule has 0 fully saturated rings. The first-order chi connectivity index (χ1) is 22.7. The SMILES string of the molecule is CCCC1=C([Si](C)(C)C2=C(CCC)[CH]c3cccc(-c4ccc(C(C)CC)cc4)c32)c2c(cccc2-c2ccc(C(C)CC)cc2)[CH]1. The van der Waals surface area contributed by atoms with E-state index in [2.05, 4.69) is 152 Å². The normalized spacial score (nSPS) is 15.7. The average molecular weight is 635 g/mol. The number of allylic oxidation sites excluding steroid dienone is 2. The van der Waals surface area contributed by atoms with Gasteiger partial charge in [-0.05, 0) is 104 Å². The van der Waals surface area contributed by atoms with Crippen LogP contribution >= 0.6 is 0 Å². The van der Waals surface area contributed by atoms with E-state index in [4.69, 9.17) is 0 Å². The molecule has 0 N–H and O–H groups in total. The van der Waals surface area contributed by atoms with Crippen LogP contribution in [-0.4, -0.2) is 8.07 Å². The van der Waals surface area contributed by atoms with Crippen molar-refractivity contribution in [3.05, 3.63) is 142 Å². The maximum Gasteiger partial charge on any atom is 0.113 e. The summed E-state index contributed by atoms with van der Waals surface area (Å²) in [6.45, 7) is 19.2. The van der Waals surface area contributed by atoms with Crippen molar-refractivity contribution in [3.8, 4) is 22.3 Å². The van der Waals surface area contributed by atoms with Crippen LogP contribution < -0.4 is 0 Å². The molecule has 0 nitrogen and oxygen atoms in total. The van der Waals surface area contributed by atoms with Crippen molar-refractivity contribution in [2.24, 2.45) is 0 Å². The summed E-state index contributed by atoms with van der Waals surface area (Å²) in [5, 5.41) is 3.31. The summed E-state index contributed by atoms with van der Waals surface area (Å²) in [4.78, 5) is 0. The van der Waals surface area contributed by atoms with Crippen molar-refractivity contribution < 1.29 is 0 Å². The lowest BCUT2D eigenvalue weighted by atomic mass is 9.93. The van der Waals surface area contributed by atoms with Crippen molar-refractivity contribution in [2.45, 2.75) is 105 Å². The van der Waals surface area contributed by atoms with Crippen LogP contribution in [0.25, 0.3) is 32.6 Å². The van der Waals surface area contributed by atoms with Crippen molar-refractivity contribution in [2.75, 3.05) is 0 Å². The van der Waals surface area contributed by atoms with E-state index in [0.717, 1.165) is 25.7 Å². The first-order valence-electron chi connectivity index (χ1n) is 18.4. The summed E-state index contributed by atoms with van der Waals surface area (Å²) < 4.78 is 0. The molecule has 2 aliphatic rings. The van der Waals surface area contributed by atoms with Gasteiger partial charge in [0, 0.05) is 12.8 Å². The third kappa shape index (κ3) is 6.17. The Labute approximate surface area is 287 Å². The zero-order valence-corrected chi connectivity index (χ0v) is 31.1. The van der Waals surface area contributed by atoms with Gasteiger partial charge in [-0.1, -0.05) is 164 Å². The average Bonchev–Trinajstić information content (AvgIpc) is 3.67. The summed E-state index contributed by atoms with van der Waals surface area (Å²) in [5.41, 5.74) is 17.3. The first-order valence-corrected chi connectivity index (χ1v) is 21.4. The monoisotopic (exact) mass is 634 g/mol. The van der Waals surface area contributed by atoms with Gasteiger partial charge in [0.05, 0.1) is 0 Å². The van der Waals surface area contributed by atoms with Gasteiger partial charge >= 0.3 is 0 Å². The van der Waals surface area contributed by atoms with Crippen molar-refractivity contribution in [3.63, 3.8) is 0 Å². The minimum atomic E-state index is -2.24. The number of fused-ring (bicyclic) bond motifs is 2. The summed E-state index contributed by atoms with van der Waals surface area (Å²) in [5.74, 6) is 1.17. The van der Waals surface area contributed by atoms with Crippen molar-refractivity contribution >= 4 is 18.5 Å². The number of hydrogen-bond acceptors (Lipinski definition) is 0. The van der Waals surface area contributed by atoms with Gasteiger partial charge in [0.25, 0.3) is 0 Å².